The Bertz CT molecular complexity index is 563. The normalized spacial score (nSPS) is 18.4. The van der Waals surface area contributed by atoms with Crippen LogP contribution in [0.2, 0.25) is 0 Å². The molecule has 1 amide bonds. The molecule has 0 saturated carbocycles. The quantitative estimate of drug-likeness (QED) is 0.885. The monoisotopic (exact) mass is 259 g/mol. The van der Waals surface area contributed by atoms with Crippen molar-refractivity contribution >= 4 is 11.6 Å². The van der Waals surface area contributed by atoms with Crippen molar-refractivity contribution in [3.8, 4) is 0 Å². The molecule has 98 valence electrons. The van der Waals surface area contributed by atoms with Crippen molar-refractivity contribution in [3.05, 3.63) is 36.7 Å². The minimum Gasteiger partial charge on any atom is -0.379 e. The molecule has 19 heavy (non-hydrogen) atoms. The molecule has 7 nitrogen and oxygen atoms in total. The van der Waals surface area contributed by atoms with Gasteiger partial charge >= 0.3 is 0 Å². The lowest BCUT2D eigenvalue weighted by Gasteiger charge is -2.06. The minimum absolute atomic E-state index is 0.252. The predicted octanol–water partition coefficient (Wildman–Crippen LogP) is 0.887. The van der Waals surface area contributed by atoms with Crippen LogP contribution in [-0.2, 0) is 4.74 Å². The van der Waals surface area contributed by atoms with Crippen LogP contribution in [-0.4, -0.2) is 38.9 Å². The molecule has 2 aromatic heterocycles. The highest BCUT2D eigenvalue weighted by Crippen LogP contribution is 2.19. The molecule has 1 N–H and O–H groups in total. The van der Waals surface area contributed by atoms with Crippen molar-refractivity contribution < 1.29 is 9.53 Å². The summed E-state index contributed by atoms with van der Waals surface area (Å²) in [5.41, 5.74) is 0.919. The van der Waals surface area contributed by atoms with Crippen molar-refractivity contribution in [2.24, 2.45) is 0 Å². The van der Waals surface area contributed by atoms with Gasteiger partial charge < -0.3 is 10.1 Å². The number of anilines is 1. The molecule has 1 unspecified atom stereocenters. The standard InChI is InChI=1S/C12H13N5O2/c18-12(11-6-13-2-3-14-11)16-9-5-15-17(7-9)10-1-4-19-8-10/h2-3,5-7,10H,1,4,8H2,(H,16,18). The Balaban J connectivity index is 1.68. The van der Waals surface area contributed by atoms with E-state index in [4.69, 9.17) is 4.74 Å². The average Bonchev–Trinajstić information content (AvgIpc) is 3.10. The molecule has 0 aliphatic carbocycles. The number of hydrogen-bond donors (Lipinski definition) is 1. The third-order valence-corrected chi connectivity index (χ3v) is 2.93. The summed E-state index contributed by atoms with van der Waals surface area (Å²) in [4.78, 5) is 19.7. The van der Waals surface area contributed by atoms with Crippen LogP contribution in [0.15, 0.2) is 31.0 Å². The van der Waals surface area contributed by atoms with E-state index >= 15 is 0 Å². The lowest BCUT2D eigenvalue weighted by Crippen LogP contribution is -2.13. The highest BCUT2D eigenvalue weighted by Gasteiger charge is 2.18. The van der Waals surface area contributed by atoms with Crippen molar-refractivity contribution in [3.63, 3.8) is 0 Å². The summed E-state index contributed by atoms with van der Waals surface area (Å²) in [6, 6.07) is 0.252. The van der Waals surface area contributed by atoms with Gasteiger partial charge in [-0.25, -0.2) is 4.98 Å². The first-order valence-electron chi connectivity index (χ1n) is 6.02. The number of nitrogens with one attached hydrogen (secondary N) is 1. The molecule has 0 bridgehead atoms. The van der Waals surface area contributed by atoms with Gasteiger partial charge in [0.05, 0.1) is 30.7 Å². The second kappa shape index (κ2) is 5.15. The minimum atomic E-state index is -0.296. The summed E-state index contributed by atoms with van der Waals surface area (Å²) < 4.78 is 7.12. The summed E-state index contributed by atoms with van der Waals surface area (Å²) in [5, 5.41) is 6.97. The van der Waals surface area contributed by atoms with E-state index in [2.05, 4.69) is 20.4 Å². The molecule has 0 spiro atoms. The average molecular weight is 259 g/mol. The maximum atomic E-state index is 11.9. The number of amides is 1. The van der Waals surface area contributed by atoms with Crippen LogP contribution >= 0.6 is 0 Å². The van der Waals surface area contributed by atoms with Gasteiger partial charge in [-0.15, -0.1) is 0 Å². The van der Waals surface area contributed by atoms with Gasteiger partial charge in [0.15, 0.2) is 0 Å². The highest BCUT2D eigenvalue weighted by molar-refractivity contribution is 6.02. The Hall–Kier alpha value is -2.28. The van der Waals surface area contributed by atoms with Gasteiger partial charge in [-0.1, -0.05) is 0 Å². The number of ether oxygens (including phenoxy) is 1. The van der Waals surface area contributed by atoms with E-state index < -0.39 is 0 Å². The molecule has 2 aromatic rings. The molecule has 1 saturated heterocycles. The molecule has 0 aromatic carbocycles. The van der Waals surface area contributed by atoms with Crippen LogP contribution in [0.5, 0.6) is 0 Å². The molecular formula is C12H13N5O2. The van der Waals surface area contributed by atoms with Crippen molar-refractivity contribution in [2.45, 2.75) is 12.5 Å². The molecular weight excluding hydrogens is 246 g/mol. The molecule has 1 aliphatic heterocycles. The summed E-state index contributed by atoms with van der Waals surface area (Å²) in [5.74, 6) is -0.296. The molecule has 3 rings (SSSR count). The first kappa shape index (κ1) is 11.8. The fraction of sp³-hybridized carbons (Fsp3) is 0.333. The fourth-order valence-corrected chi connectivity index (χ4v) is 1.94. The highest BCUT2D eigenvalue weighted by atomic mass is 16.5. The van der Waals surface area contributed by atoms with E-state index in [1.807, 2.05) is 4.68 Å². The Morgan fingerprint density at radius 3 is 3.11 bits per heavy atom. The SMILES string of the molecule is O=C(Nc1cnn(C2CCOC2)c1)c1cnccn1. The zero-order valence-corrected chi connectivity index (χ0v) is 10.2. The predicted molar refractivity (Wildman–Crippen MR) is 66.7 cm³/mol. The number of aromatic nitrogens is 4. The van der Waals surface area contributed by atoms with Crippen molar-refractivity contribution in [2.75, 3.05) is 18.5 Å². The lowest BCUT2D eigenvalue weighted by molar-refractivity contribution is 0.102. The first-order chi connectivity index (χ1) is 9.33. The van der Waals surface area contributed by atoms with Crippen LogP contribution in [0.25, 0.3) is 0 Å². The van der Waals surface area contributed by atoms with E-state index in [1.165, 1.54) is 18.6 Å². The third-order valence-electron chi connectivity index (χ3n) is 2.93. The lowest BCUT2D eigenvalue weighted by atomic mass is 10.3. The molecule has 1 fully saturated rings. The maximum absolute atomic E-state index is 11.9. The Morgan fingerprint density at radius 1 is 1.42 bits per heavy atom. The van der Waals surface area contributed by atoms with E-state index in [0.717, 1.165) is 13.0 Å². The maximum Gasteiger partial charge on any atom is 0.275 e. The van der Waals surface area contributed by atoms with Gasteiger partial charge in [-0.3, -0.25) is 14.5 Å². The van der Waals surface area contributed by atoms with Crippen LogP contribution < -0.4 is 5.32 Å². The summed E-state index contributed by atoms with van der Waals surface area (Å²) in [7, 11) is 0. The van der Waals surface area contributed by atoms with E-state index in [9.17, 15) is 4.79 Å². The van der Waals surface area contributed by atoms with Gasteiger partial charge in [0, 0.05) is 25.2 Å². The Kier molecular flexibility index (Phi) is 3.20. The zero-order valence-electron chi connectivity index (χ0n) is 10.2. The second-order valence-electron chi connectivity index (χ2n) is 4.27. The van der Waals surface area contributed by atoms with Gasteiger partial charge in [0.1, 0.15) is 5.69 Å². The summed E-state index contributed by atoms with van der Waals surface area (Å²) in [6.07, 6.45) is 8.78. The first-order valence-corrected chi connectivity index (χ1v) is 6.02. The fourth-order valence-electron chi connectivity index (χ4n) is 1.94. The van der Waals surface area contributed by atoms with Crippen molar-refractivity contribution in [1.29, 1.82) is 0 Å². The molecule has 1 aliphatic rings. The van der Waals surface area contributed by atoms with Crippen LogP contribution in [0, 0.1) is 0 Å². The van der Waals surface area contributed by atoms with E-state index in [1.54, 1.807) is 12.4 Å². The van der Waals surface area contributed by atoms with E-state index in [-0.39, 0.29) is 17.6 Å². The van der Waals surface area contributed by atoms with Gasteiger partial charge in [-0.05, 0) is 6.42 Å². The zero-order chi connectivity index (χ0) is 13.1. The smallest absolute Gasteiger partial charge is 0.275 e. The number of carbonyl (C=O) groups excluding carboxylic acids is 1. The molecule has 1 atom stereocenters. The van der Waals surface area contributed by atoms with Gasteiger partial charge in [0.25, 0.3) is 5.91 Å². The van der Waals surface area contributed by atoms with Crippen LogP contribution in [0.3, 0.4) is 0 Å². The van der Waals surface area contributed by atoms with Crippen LogP contribution in [0.1, 0.15) is 23.0 Å². The molecule has 0 radical (unpaired) electrons. The Labute approximate surface area is 109 Å². The summed E-state index contributed by atoms with van der Waals surface area (Å²) >= 11 is 0. The number of carbonyl (C=O) groups is 1. The largest absolute Gasteiger partial charge is 0.379 e. The molecule has 3 heterocycles. The van der Waals surface area contributed by atoms with Crippen molar-refractivity contribution in [1.82, 2.24) is 19.7 Å². The summed E-state index contributed by atoms with van der Waals surface area (Å²) in [6.45, 7) is 1.42. The number of hydrogen-bond acceptors (Lipinski definition) is 5. The molecule has 7 heteroatoms. The van der Waals surface area contributed by atoms with Gasteiger partial charge in [0.2, 0.25) is 0 Å². The third kappa shape index (κ3) is 2.60. The van der Waals surface area contributed by atoms with Gasteiger partial charge in [-0.2, -0.15) is 5.10 Å². The number of nitrogens with zero attached hydrogens (tertiary/aromatic N) is 4. The second-order valence-corrected chi connectivity index (χ2v) is 4.27. The topological polar surface area (TPSA) is 81.9 Å². The number of rotatable bonds is 3. The van der Waals surface area contributed by atoms with E-state index in [0.29, 0.717) is 12.3 Å². The van der Waals surface area contributed by atoms with Crippen LogP contribution in [0.4, 0.5) is 5.69 Å². The Morgan fingerprint density at radius 2 is 2.37 bits per heavy atom.